The number of carbonyl (C=O) groups is 1. The van der Waals surface area contributed by atoms with E-state index in [2.05, 4.69) is 14.9 Å². The summed E-state index contributed by atoms with van der Waals surface area (Å²) in [7, 11) is 0. The summed E-state index contributed by atoms with van der Waals surface area (Å²) in [4.78, 5) is 19.0. The van der Waals surface area contributed by atoms with Crippen LogP contribution >= 0.6 is 0 Å². The highest BCUT2D eigenvalue weighted by Crippen LogP contribution is 2.30. The van der Waals surface area contributed by atoms with Crippen LogP contribution in [0.15, 0.2) is 42.7 Å². The second-order valence-electron chi connectivity index (χ2n) is 5.35. The topological polar surface area (TPSA) is 50.2 Å². The smallest absolute Gasteiger partial charge is 0.271 e. The van der Waals surface area contributed by atoms with Gasteiger partial charge < -0.3 is 14.8 Å². The molecule has 1 saturated heterocycles. The maximum absolute atomic E-state index is 12.7. The van der Waals surface area contributed by atoms with Crippen molar-refractivity contribution in [3.05, 3.63) is 54.1 Å². The van der Waals surface area contributed by atoms with Gasteiger partial charge in [0.2, 0.25) is 0 Å². The molecule has 2 aliphatic rings. The van der Waals surface area contributed by atoms with Crippen LogP contribution in [-0.4, -0.2) is 39.5 Å². The molecule has 1 N–H and O–H groups in total. The lowest BCUT2D eigenvalue weighted by Gasteiger charge is -2.38. The number of fused-ring (bicyclic) bond motifs is 3. The Hall–Kier alpha value is -2.14. The zero-order valence-electron chi connectivity index (χ0n) is 11.1. The van der Waals surface area contributed by atoms with Crippen LogP contribution in [0.3, 0.4) is 0 Å². The van der Waals surface area contributed by atoms with Gasteiger partial charge in [-0.15, -0.1) is 0 Å². The van der Waals surface area contributed by atoms with Crippen LogP contribution in [0.2, 0.25) is 0 Å². The Morgan fingerprint density at radius 3 is 2.95 bits per heavy atom. The van der Waals surface area contributed by atoms with E-state index in [4.69, 9.17) is 0 Å². The molecule has 4 rings (SSSR count). The summed E-state index contributed by atoms with van der Waals surface area (Å²) in [5, 5.41) is 3.40. The van der Waals surface area contributed by atoms with E-state index >= 15 is 0 Å². The van der Waals surface area contributed by atoms with Crippen molar-refractivity contribution >= 4 is 5.91 Å². The third-order valence-electron chi connectivity index (χ3n) is 4.23. The first-order valence-electron chi connectivity index (χ1n) is 6.93. The second kappa shape index (κ2) is 4.45. The molecule has 2 aromatic heterocycles. The average Bonchev–Trinajstić information content (AvgIpc) is 3.12. The van der Waals surface area contributed by atoms with Crippen LogP contribution < -0.4 is 5.32 Å². The van der Waals surface area contributed by atoms with E-state index in [1.54, 1.807) is 6.20 Å². The Balaban J connectivity index is 1.71. The molecule has 0 unspecified atom stereocenters. The minimum Gasteiger partial charge on any atom is -0.337 e. The predicted octanol–water partition coefficient (Wildman–Crippen LogP) is 1.05. The lowest BCUT2D eigenvalue weighted by molar-refractivity contribution is 0.0558. The van der Waals surface area contributed by atoms with E-state index in [0.717, 1.165) is 24.5 Å². The van der Waals surface area contributed by atoms with Crippen LogP contribution in [0.25, 0.3) is 0 Å². The van der Waals surface area contributed by atoms with Crippen molar-refractivity contribution in [3.63, 3.8) is 0 Å². The van der Waals surface area contributed by atoms with Gasteiger partial charge in [-0.25, -0.2) is 0 Å². The van der Waals surface area contributed by atoms with E-state index < -0.39 is 0 Å². The lowest BCUT2D eigenvalue weighted by Crippen LogP contribution is -2.49. The van der Waals surface area contributed by atoms with Crippen molar-refractivity contribution < 1.29 is 4.79 Å². The summed E-state index contributed by atoms with van der Waals surface area (Å²) in [5.41, 5.74) is 1.72. The van der Waals surface area contributed by atoms with E-state index in [1.807, 2.05) is 41.4 Å². The minimum atomic E-state index is 0.102. The van der Waals surface area contributed by atoms with Crippen LogP contribution in [0.1, 0.15) is 22.2 Å². The molecule has 2 aliphatic heterocycles. The standard InChI is InChI=1S/C15H16N4O/c20-15-12-5-3-7-18(12)13-8-16-9-14(13)19(15)10-11-4-1-2-6-17-11/h1-7,13-14,16H,8-10H2/t13-,14+/m1/s1. The van der Waals surface area contributed by atoms with E-state index in [-0.39, 0.29) is 11.9 Å². The van der Waals surface area contributed by atoms with Crippen LogP contribution in [0.5, 0.6) is 0 Å². The Kier molecular flexibility index (Phi) is 2.60. The van der Waals surface area contributed by atoms with Gasteiger partial charge >= 0.3 is 0 Å². The molecule has 102 valence electrons. The van der Waals surface area contributed by atoms with Gasteiger partial charge in [0.25, 0.3) is 5.91 Å². The molecule has 2 aromatic rings. The summed E-state index contributed by atoms with van der Waals surface area (Å²) in [6, 6.07) is 10.2. The van der Waals surface area contributed by atoms with Gasteiger partial charge in [0.1, 0.15) is 5.69 Å². The number of nitrogens with zero attached hydrogens (tertiary/aromatic N) is 3. The highest BCUT2D eigenvalue weighted by Gasteiger charge is 2.41. The Morgan fingerprint density at radius 2 is 2.10 bits per heavy atom. The largest absolute Gasteiger partial charge is 0.337 e. The monoisotopic (exact) mass is 268 g/mol. The lowest BCUT2D eigenvalue weighted by atomic mass is 10.1. The first kappa shape index (κ1) is 11.7. The Bertz CT molecular complexity index is 636. The van der Waals surface area contributed by atoms with Crippen molar-refractivity contribution in [1.82, 2.24) is 19.8 Å². The molecule has 0 spiro atoms. The molecule has 0 saturated carbocycles. The first-order valence-corrected chi connectivity index (χ1v) is 6.93. The van der Waals surface area contributed by atoms with Crippen LogP contribution in [0, 0.1) is 0 Å². The van der Waals surface area contributed by atoms with Gasteiger partial charge in [-0.05, 0) is 24.3 Å². The maximum Gasteiger partial charge on any atom is 0.271 e. The van der Waals surface area contributed by atoms with Crippen LogP contribution in [0.4, 0.5) is 0 Å². The zero-order chi connectivity index (χ0) is 13.5. The Morgan fingerprint density at radius 1 is 1.20 bits per heavy atom. The number of nitrogens with one attached hydrogen (secondary N) is 1. The fourth-order valence-corrected chi connectivity index (χ4v) is 3.27. The summed E-state index contributed by atoms with van der Waals surface area (Å²) >= 11 is 0. The van der Waals surface area contributed by atoms with Crippen molar-refractivity contribution in [2.45, 2.75) is 18.6 Å². The molecule has 5 heteroatoms. The molecule has 0 aromatic carbocycles. The third kappa shape index (κ3) is 1.67. The van der Waals surface area contributed by atoms with E-state index in [0.29, 0.717) is 12.6 Å². The van der Waals surface area contributed by atoms with Gasteiger partial charge in [-0.2, -0.15) is 0 Å². The van der Waals surface area contributed by atoms with Crippen molar-refractivity contribution in [2.75, 3.05) is 13.1 Å². The molecule has 4 heterocycles. The Labute approximate surface area is 117 Å². The van der Waals surface area contributed by atoms with Crippen molar-refractivity contribution in [2.24, 2.45) is 0 Å². The highest BCUT2D eigenvalue weighted by atomic mass is 16.2. The van der Waals surface area contributed by atoms with Crippen molar-refractivity contribution in [1.29, 1.82) is 0 Å². The first-order chi connectivity index (χ1) is 9.84. The highest BCUT2D eigenvalue weighted by molar-refractivity contribution is 5.94. The number of hydrogen-bond donors (Lipinski definition) is 1. The van der Waals surface area contributed by atoms with Gasteiger partial charge in [-0.3, -0.25) is 9.78 Å². The van der Waals surface area contributed by atoms with Crippen LogP contribution in [-0.2, 0) is 6.54 Å². The molecule has 2 atom stereocenters. The average molecular weight is 268 g/mol. The number of amides is 1. The number of aromatic nitrogens is 2. The number of hydrogen-bond acceptors (Lipinski definition) is 3. The van der Waals surface area contributed by atoms with Crippen molar-refractivity contribution in [3.8, 4) is 0 Å². The SMILES string of the molecule is O=C1c2cccn2[C@@H]2CNC[C@@H]2N1Cc1ccccn1. The zero-order valence-corrected chi connectivity index (χ0v) is 11.1. The quantitative estimate of drug-likeness (QED) is 0.886. The van der Waals surface area contributed by atoms with E-state index in [1.165, 1.54) is 0 Å². The summed E-state index contributed by atoms with van der Waals surface area (Å²) in [6.07, 6.45) is 3.78. The summed E-state index contributed by atoms with van der Waals surface area (Å²) in [6.45, 7) is 2.34. The molecular formula is C15H16N4O. The molecule has 1 fully saturated rings. The molecule has 0 radical (unpaired) electrons. The van der Waals surface area contributed by atoms with E-state index in [9.17, 15) is 4.79 Å². The fraction of sp³-hybridized carbons (Fsp3) is 0.333. The normalized spacial score (nSPS) is 24.6. The molecule has 20 heavy (non-hydrogen) atoms. The van der Waals surface area contributed by atoms with Gasteiger partial charge in [0, 0.05) is 25.5 Å². The molecule has 0 aliphatic carbocycles. The summed E-state index contributed by atoms with van der Waals surface area (Å²) < 4.78 is 2.11. The predicted molar refractivity (Wildman–Crippen MR) is 74.2 cm³/mol. The number of carbonyl (C=O) groups excluding carboxylic acids is 1. The van der Waals surface area contributed by atoms with Gasteiger partial charge in [0.15, 0.2) is 0 Å². The molecule has 1 amide bonds. The van der Waals surface area contributed by atoms with Gasteiger partial charge in [0.05, 0.1) is 24.3 Å². The molecule has 0 bridgehead atoms. The summed E-state index contributed by atoms with van der Waals surface area (Å²) in [5.74, 6) is 0.102. The third-order valence-corrected chi connectivity index (χ3v) is 4.23. The maximum atomic E-state index is 12.7. The molecule has 5 nitrogen and oxygen atoms in total. The minimum absolute atomic E-state index is 0.102. The number of pyridine rings is 1. The fourth-order valence-electron chi connectivity index (χ4n) is 3.27. The number of rotatable bonds is 2. The van der Waals surface area contributed by atoms with Gasteiger partial charge in [-0.1, -0.05) is 6.07 Å². The second-order valence-corrected chi connectivity index (χ2v) is 5.35. The molecular weight excluding hydrogens is 252 g/mol.